The predicted molar refractivity (Wildman–Crippen MR) is 76.6 cm³/mol. The minimum absolute atomic E-state index is 0.0381. The van der Waals surface area contributed by atoms with E-state index >= 15 is 0 Å². The van der Waals surface area contributed by atoms with Gasteiger partial charge in [0.15, 0.2) is 0 Å². The van der Waals surface area contributed by atoms with Gasteiger partial charge in [-0.1, -0.05) is 0 Å². The van der Waals surface area contributed by atoms with E-state index in [4.69, 9.17) is 9.88 Å². The van der Waals surface area contributed by atoms with Gasteiger partial charge in [-0.3, -0.25) is 0 Å². The normalized spacial score (nSPS) is 24.9. The minimum atomic E-state index is -3.84. The molecule has 1 saturated heterocycles. The summed E-state index contributed by atoms with van der Waals surface area (Å²) in [6.45, 7) is 4.15. The maximum absolute atomic E-state index is 12.5. The third-order valence-electron chi connectivity index (χ3n) is 3.18. The van der Waals surface area contributed by atoms with Crippen molar-refractivity contribution in [3.05, 3.63) is 24.3 Å². The van der Waals surface area contributed by atoms with E-state index in [9.17, 15) is 16.8 Å². The van der Waals surface area contributed by atoms with Crippen molar-refractivity contribution in [3.63, 3.8) is 0 Å². The smallest absolute Gasteiger partial charge is 0.243 e. The van der Waals surface area contributed by atoms with Crippen molar-refractivity contribution in [1.29, 1.82) is 0 Å². The van der Waals surface area contributed by atoms with Crippen LogP contribution in [0.2, 0.25) is 0 Å². The lowest BCUT2D eigenvalue weighted by Crippen LogP contribution is -2.48. The Morgan fingerprint density at radius 1 is 1.00 bits per heavy atom. The number of nitrogens with zero attached hydrogens (tertiary/aromatic N) is 1. The van der Waals surface area contributed by atoms with Gasteiger partial charge in [0, 0.05) is 13.1 Å². The monoisotopic (exact) mass is 334 g/mol. The SMILES string of the molecule is C[C@@H]1CN(S(=O)(=O)c2ccc(S(N)(=O)=O)cc2)C[C@H](C)O1. The molecule has 0 saturated carbocycles. The van der Waals surface area contributed by atoms with Gasteiger partial charge in [0.25, 0.3) is 0 Å². The Kier molecular flexibility index (Phi) is 4.41. The summed E-state index contributed by atoms with van der Waals surface area (Å²) >= 11 is 0. The van der Waals surface area contributed by atoms with Crippen LogP contribution in [0.3, 0.4) is 0 Å². The van der Waals surface area contributed by atoms with Gasteiger partial charge in [0.05, 0.1) is 22.0 Å². The molecule has 2 N–H and O–H groups in total. The fourth-order valence-corrected chi connectivity index (χ4v) is 4.38. The summed E-state index contributed by atoms with van der Waals surface area (Å²) in [4.78, 5) is -0.0821. The number of primary sulfonamides is 1. The molecule has 0 aromatic heterocycles. The molecule has 2 rings (SSSR count). The quantitative estimate of drug-likeness (QED) is 0.845. The van der Waals surface area contributed by atoms with Crippen LogP contribution in [0, 0.1) is 0 Å². The second-order valence-electron chi connectivity index (χ2n) is 5.10. The highest BCUT2D eigenvalue weighted by Gasteiger charge is 2.32. The summed E-state index contributed by atoms with van der Waals surface area (Å²) < 4.78 is 54.3. The van der Waals surface area contributed by atoms with Crippen molar-refractivity contribution in [3.8, 4) is 0 Å². The van der Waals surface area contributed by atoms with Crippen molar-refractivity contribution in [2.24, 2.45) is 5.14 Å². The topological polar surface area (TPSA) is 107 Å². The third-order valence-corrected chi connectivity index (χ3v) is 5.95. The summed E-state index contributed by atoms with van der Waals surface area (Å²) in [5.74, 6) is 0. The van der Waals surface area contributed by atoms with Crippen LogP contribution in [0.5, 0.6) is 0 Å². The van der Waals surface area contributed by atoms with Gasteiger partial charge in [-0.25, -0.2) is 22.0 Å². The Hall–Kier alpha value is -1.00. The molecule has 0 amide bonds. The summed E-state index contributed by atoms with van der Waals surface area (Å²) in [5, 5.41) is 4.99. The van der Waals surface area contributed by atoms with Gasteiger partial charge in [-0.15, -0.1) is 0 Å². The molecule has 0 bridgehead atoms. The van der Waals surface area contributed by atoms with E-state index in [1.165, 1.54) is 28.6 Å². The van der Waals surface area contributed by atoms with E-state index in [2.05, 4.69) is 0 Å². The fourth-order valence-electron chi connectivity index (χ4n) is 2.28. The van der Waals surface area contributed by atoms with E-state index in [0.717, 1.165) is 0 Å². The molecular formula is C12H18N2O5S2. The van der Waals surface area contributed by atoms with Crippen molar-refractivity contribution >= 4 is 20.0 Å². The highest BCUT2D eigenvalue weighted by Crippen LogP contribution is 2.22. The molecule has 1 aliphatic heterocycles. The lowest BCUT2D eigenvalue weighted by Gasteiger charge is -2.34. The number of ether oxygens (including phenoxy) is 1. The molecule has 0 radical (unpaired) electrons. The molecule has 0 spiro atoms. The highest BCUT2D eigenvalue weighted by molar-refractivity contribution is 7.89. The van der Waals surface area contributed by atoms with Crippen molar-refractivity contribution in [1.82, 2.24) is 4.31 Å². The Morgan fingerprint density at radius 3 is 1.86 bits per heavy atom. The first kappa shape index (κ1) is 16.4. The number of hydrogen-bond donors (Lipinski definition) is 1. The third kappa shape index (κ3) is 3.61. The lowest BCUT2D eigenvalue weighted by molar-refractivity contribution is -0.0440. The Morgan fingerprint density at radius 2 is 1.43 bits per heavy atom. The number of benzene rings is 1. The molecule has 9 heteroatoms. The molecule has 1 aromatic carbocycles. The fraction of sp³-hybridized carbons (Fsp3) is 0.500. The average molecular weight is 334 g/mol. The summed E-state index contributed by atoms with van der Waals surface area (Å²) in [6.07, 6.45) is -0.376. The number of morpholine rings is 1. The average Bonchev–Trinajstić information content (AvgIpc) is 2.36. The minimum Gasteiger partial charge on any atom is -0.373 e. The van der Waals surface area contributed by atoms with E-state index < -0.39 is 20.0 Å². The molecule has 1 heterocycles. The van der Waals surface area contributed by atoms with E-state index in [1.807, 2.05) is 13.8 Å². The van der Waals surface area contributed by atoms with E-state index in [1.54, 1.807) is 0 Å². The maximum Gasteiger partial charge on any atom is 0.243 e. The molecule has 21 heavy (non-hydrogen) atoms. The summed E-state index contributed by atoms with van der Waals surface area (Å²) in [6, 6.07) is 4.88. The van der Waals surface area contributed by atoms with Crippen LogP contribution in [-0.2, 0) is 24.8 Å². The first-order valence-corrected chi connectivity index (χ1v) is 9.38. The Labute approximate surface area is 124 Å². The standard InChI is InChI=1S/C12H18N2O5S2/c1-9-7-14(8-10(2)19-9)21(17,18)12-5-3-11(4-6-12)20(13,15)16/h3-6,9-10H,7-8H2,1-2H3,(H2,13,15,16)/t9-,10+. The van der Waals surface area contributed by atoms with Crippen molar-refractivity contribution < 1.29 is 21.6 Å². The van der Waals surface area contributed by atoms with Crippen LogP contribution in [0.1, 0.15) is 13.8 Å². The maximum atomic E-state index is 12.5. The van der Waals surface area contributed by atoms with Gasteiger partial charge in [0.2, 0.25) is 20.0 Å². The molecule has 1 aromatic rings. The van der Waals surface area contributed by atoms with Crippen LogP contribution in [0.4, 0.5) is 0 Å². The number of nitrogens with two attached hydrogens (primary N) is 1. The predicted octanol–water partition coefficient (Wildman–Crippen LogP) is 0.132. The van der Waals surface area contributed by atoms with Crippen molar-refractivity contribution in [2.45, 2.75) is 35.8 Å². The van der Waals surface area contributed by atoms with Crippen LogP contribution in [0.25, 0.3) is 0 Å². The molecular weight excluding hydrogens is 316 g/mol. The van der Waals surface area contributed by atoms with E-state index in [-0.39, 0.29) is 35.1 Å². The molecule has 1 aliphatic rings. The van der Waals surface area contributed by atoms with Gasteiger partial charge >= 0.3 is 0 Å². The number of rotatable bonds is 3. The second-order valence-corrected chi connectivity index (χ2v) is 8.60. The van der Waals surface area contributed by atoms with Crippen LogP contribution in [0.15, 0.2) is 34.1 Å². The summed E-state index contributed by atoms with van der Waals surface area (Å²) in [5.41, 5.74) is 0. The molecule has 1 fully saturated rings. The Balaban J connectivity index is 2.31. The van der Waals surface area contributed by atoms with Crippen LogP contribution >= 0.6 is 0 Å². The van der Waals surface area contributed by atoms with Gasteiger partial charge in [-0.2, -0.15) is 4.31 Å². The highest BCUT2D eigenvalue weighted by atomic mass is 32.2. The molecule has 2 atom stereocenters. The Bertz CT molecular complexity index is 703. The van der Waals surface area contributed by atoms with Crippen molar-refractivity contribution in [2.75, 3.05) is 13.1 Å². The molecule has 7 nitrogen and oxygen atoms in total. The second kappa shape index (κ2) is 5.65. The zero-order valence-electron chi connectivity index (χ0n) is 11.8. The van der Waals surface area contributed by atoms with Gasteiger partial charge < -0.3 is 4.74 Å². The van der Waals surface area contributed by atoms with E-state index in [0.29, 0.717) is 0 Å². The lowest BCUT2D eigenvalue weighted by atomic mass is 10.3. The first-order chi connectivity index (χ1) is 9.60. The van der Waals surface area contributed by atoms with Gasteiger partial charge in [-0.05, 0) is 38.1 Å². The zero-order valence-corrected chi connectivity index (χ0v) is 13.4. The van der Waals surface area contributed by atoms with Crippen LogP contribution < -0.4 is 5.14 Å². The first-order valence-electron chi connectivity index (χ1n) is 6.39. The molecule has 118 valence electrons. The number of sulfonamides is 2. The summed E-state index contributed by atoms with van der Waals surface area (Å²) in [7, 11) is -7.51. The largest absolute Gasteiger partial charge is 0.373 e. The molecule has 0 unspecified atom stereocenters. The van der Waals surface area contributed by atoms with Gasteiger partial charge in [0.1, 0.15) is 0 Å². The molecule has 0 aliphatic carbocycles. The zero-order chi connectivity index (χ0) is 15.8. The number of hydrogen-bond acceptors (Lipinski definition) is 5. The van der Waals surface area contributed by atoms with Crippen LogP contribution in [-0.4, -0.2) is 46.4 Å².